The zero-order valence-corrected chi connectivity index (χ0v) is 8.62. The third-order valence-electron chi connectivity index (χ3n) is 2.10. The third kappa shape index (κ3) is 3.81. The Kier molecular flexibility index (Phi) is 4.34. The maximum Gasteiger partial charge on any atom is 0.220 e. The molecule has 0 saturated carbocycles. The zero-order chi connectivity index (χ0) is 11.1. The van der Waals surface area contributed by atoms with Gasteiger partial charge in [-0.15, -0.1) is 0 Å². The molecule has 15 heavy (non-hydrogen) atoms. The van der Waals surface area contributed by atoms with Crippen LogP contribution < -0.4 is 10.6 Å². The maximum atomic E-state index is 11.0. The van der Waals surface area contributed by atoms with E-state index in [9.17, 15) is 9.59 Å². The van der Waals surface area contributed by atoms with Crippen LogP contribution in [0.15, 0.2) is 24.3 Å². The molecule has 0 heterocycles. The van der Waals surface area contributed by atoms with E-state index < -0.39 is 0 Å². The summed E-state index contributed by atoms with van der Waals surface area (Å²) in [7, 11) is 1.62. The highest BCUT2D eigenvalue weighted by Crippen LogP contribution is 2.10. The molecule has 80 valence electrons. The number of amides is 2. The van der Waals surface area contributed by atoms with Gasteiger partial charge in [0.1, 0.15) is 0 Å². The van der Waals surface area contributed by atoms with E-state index in [1.54, 1.807) is 7.05 Å². The Morgan fingerprint density at radius 2 is 2.00 bits per heavy atom. The zero-order valence-electron chi connectivity index (χ0n) is 8.62. The highest BCUT2D eigenvalue weighted by molar-refractivity contribution is 5.75. The molecule has 1 aromatic rings. The van der Waals surface area contributed by atoms with Crippen LogP contribution in [-0.4, -0.2) is 19.4 Å². The second kappa shape index (κ2) is 5.80. The van der Waals surface area contributed by atoms with E-state index in [0.717, 1.165) is 11.3 Å². The number of anilines is 1. The predicted octanol–water partition coefficient (Wildman–Crippen LogP) is 0.933. The number of carbonyl (C=O) groups is 2. The molecule has 0 fully saturated rings. The van der Waals surface area contributed by atoms with E-state index in [-0.39, 0.29) is 5.91 Å². The molecule has 0 aromatic heterocycles. The van der Waals surface area contributed by atoms with Gasteiger partial charge in [-0.3, -0.25) is 9.59 Å². The minimum absolute atomic E-state index is 0.0325. The Hall–Kier alpha value is -1.84. The van der Waals surface area contributed by atoms with Gasteiger partial charge in [-0.2, -0.15) is 0 Å². The van der Waals surface area contributed by atoms with E-state index in [2.05, 4.69) is 10.6 Å². The van der Waals surface area contributed by atoms with Gasteiger partial charge in [0, 0.05) is 19.2 Å². The fourth-order valence-corrected chi connectivity index (χ4v) is 1.22. The van der Waals surface area contributed by atoms with Crippen molar-refractivity contribution < 1.29 is 9.59 Å². The average Bonchev–Trinajstić information content (AvgIpc) is 2.28. The minimum atomic E-state index is 0.0325. The van der Waals surface area contributed by atoms with Gasteiger partial charge < -0.3 is 10.6 Å². The fourth-order valence-electron chi connectivity index (χ4n) is 1.22. The quantitative estimate of drug-likeness (QED) is 0.704. The molecule has 1 aromatic carbocycles. The number of nitrogens with one attached hydrogen (secondary N) is 2. The fraction of sp³-hybridized carbons (Fsp3) is 0.273. The van der Waals surface area contributed by atoms with Crippen molar-refractivity contribution in [3.8, 4) is 0 Å². The minimum Gasteiger partial charge on any atom is -0.359 e. The number of rotatable bonds is 5. The molecule has 0 unspecified atom stereocenters. The summed E-state index contributed by atoms with van der Waals surface area (Å²) < 4.78 is 0. The largest absolute Gasteiger partial charge is 0.359 e. The Balaban J connectivity index is 2.49. The van der Waals surface area contributed by atoms with Crippen molar-refractivity contribution in [2.45, 2.75) is 12.8 Å². The van der Waals surface area contributed by atoms with Crippen molar-refractivity contribution in [3.05, 3.63) is 29.8 Å². The Labute approximate surface area is 88.7 Å². The lowest BCUT2D eigenvalue weighted by atomic mass is 10.1. The summed E-state index contributed by atoms with van der Waals surface area (Å²) in [6.45, 7) is 0. The van der Waals surface area contributed by atoms with Crippen LogP contribution in [-0.2, 0) is 16.0 Å². The first-order valence-electron chi connectivity index (χ1n) is 4.76. The van der Waals surface area contributed by atoms with E-state index in [1.807, 2.05) is 24.3 Å². The summed E-state index contributed by atoms with van der Waals surface area (Å²) >= 11 is 0. The molecule has 0 spiro atoms. The lowest BCUT2D eigenvalue weighted by Crippen LogP contribution is -2.17. The highest BCUT2D eigenvalue weighted by atomic mass is 16.1. The summed E-state index contributed by atoms with van der Waals surface area (Å²) in [5.74, 6) is 0.0325. The standard InChI is InChI=1S/C11H14N2O2/c1-12-11(15)7-4-9-2-5-10(6-3-9)13-8-14/h2-3,5-6,8H,4,7H2,1H3,(H,12,15)(H,13,14). The van der Waals surface area contributed by atoms with Crippen LogP contribution in [0.25, 0.3) is 0 Å². The first-order chi connectivity index (χ1) is 7.26. The number of benzene rings is 1. The van der Waals surface area contributed by atoms with Crippen molar-refractivity contribution in [2.24, 2.45) is 0 Å². The Morgan fingerprint density at radius 1 is 1.33 bits per heavy atom. The van der Waals surface area contributed by atoms with Crippen LogP contribution >= 0.6 is 0 Å². The topological polar surface area (TPSA) is 58.2 Å². The monoisotopic (exact) mass is 206 g/mol. The number of aryl methyl sites for hydroxylation is 1. The Bertz CT molecular complexity index is 333. The van der Waals surface area contributed by atoms with E-state index in [4.69, 9.17) is 0 Å². The third-order valence-corrected chi connectivity index (χ3v) is 2.10. The molecule has 0 aliphatic heterocycles. The SMILES string of the molecule is CNC(=O)CCc1ccc(NC=O)cc1. The van der Waals surface area contributed by atoms with E-state index >= 15 is 0 Å². The van der Waals surface area contributed by atoms with Crippen LogP contribution in [0.4, 0.5) is 5.69 Å². The van der Waals surface area contributed by atoms with Crippen LogP contribution in [0.1, 0.15) is 12.0 Å². The maximum absolute atomic E-state index is 11.0. The molecule has 0 atom stereocenters. The molecule has 0 aliphatic carbocycles. The normalized spacial score (nSPS) is 9.40. The van der Waals surface area contributed by atoms with E-state index in [1.165, 1.54) is 0 Å². The van der Waals surface area contributed by atoms with Crippen molar-refractivity contribution in [2.75, 3.05) is 12.4 Å². The summed E-state index contributed by atoms with van der Waals surface area (Å²) in [4.78, 5) is 21.1. The molecule has 2 N–H and O–H groups in total. The van der Waals surface area contributed by atoms with Gasteiger partial charge in [0.05, 0.1) is 0 Å². The first-order valence-corrected chi connectivity index (χ1v) is 4.76. The van der Waals surface area contributed by atoms with Gasteiger partial charge >= 0.3 is 0 Å². The van der Waals surface area contributed by atoms with Crippen LogP contribution in [0.3, 0.4) is 0 Å². The molecule has 0 saturated heterocycles. The molecular formula is C11H14N2O2. The van der Waals surface area contributed by atoms with Gasteiger partial charge in [0.15, 0.2) is 0 Å². The smallest absolute Gasteiger partial charge is 0.220 e. The second-order valence-electron chi connectivity index (χ2n) is 3.13. The number of hydrogen-bond acceptors (Lipinski definition) is 2. The lowest BCUT2D eigenvalue weighted by molar-refractivity contribution is -0.120. The molecule has 0 radical (unpaired) electrons. The van der Waals surface area contributed by atoms with Gasteiger partial charge in [0.25, 0.3) is 0 Å². The van der Waals surface area contributed by atoms with Crippen molar-refractivity contribution in [1.82, 2.24) is 5.32 Å². The first kappa shape index (κ1) is 11.2. The average molecular weight is 206 g/mol. The van der Waals surface area contributed by atoms with Gasteiger partial charge in [-0.1, -0.05) is 12.1 Å². The number of carbonyl (C=O) groups excluding carboxylic acids is 2. The molecule has 1 rings (SSSR count). The van der Waals surface area contributed by atoms with E-state index in [0.29, 0.717) is 19.3 Å². The molecule has 0 aliphatic rings. The van der Waals surface area contributed by atoms with Crippen LogP contribution in [0.2, 0.25) is 0 Å². The molecule has 0 bridgehead atoms. The van der Waals surface area contributed by atoms with Crippen molar-refractivity contribution >= 4 is 18.0 Å². The van der Waals surface area contributed by atoms with Crippen molar-refractivity contribution in [3.63, 3.8) is 0 Å². The van der Waals surface area contributed by atoms with Crippen LogP contribution in [0, 0.1) is 0 Å². The summed E-state index contributed by atoms with van der Waals surface area (Å²) in [6.07, 6.45) is 1.83. The molecule has 4 heteroatoms. The van der Waals surface area contributed by atoms with Crippen molar-refractivity contribution in [1.29, 1.82) is 0 Å². The number of hydrogen-bond donors (Lipinski definition) is 2. The predicted molar refractivity (Wildman–Crippen MR) is 58.5 cm³/mol. The molecule has 2 amide bonds. The second-order valence-corrected chi connectivity index (χ2v) is 3.13. The summed E-state index contributed by atoms with van der Waals surface area (Å²) in [6, 6.07) is 7.42. The van der Waals surface area contributed by atoms with Crippen LogP contribution in [0.5, 0.6) is 0 Å². The highest BCUT2D eigenvalue weighted by Gasteiger charge is 1.99. The summed E-state index contributed by atoms with van der Waals surface area (Å²) in [5.41, 5.74) is 1.84. The summed E-state index contributed by atoms with van der Waals surface area (Å²) in [5, 5.41) is 5.12. The molecule has 4 nitrogen and oxygen atoms in total. The van der Waals surface area contributed by atoms with Gasteiger partial charge in [-0.25, -0.2) is 0 Å². The van der Waals surface area contributed by atoms with Gasteiger partial charge in [-0.05, 0) is 24.1 Å². The Morgan fingerprint density at radius 3 is 2.53 bits per heavy atom. The van der Waals surface area contributed by atoms with Gasteiger partial charge in [0.2, 0.25) is 12.3 Å². The molecular weight excluding hydrogens is 192 g/mol. The lowest BCUT2D eigenvalue weighted by Gasteiger charge is -2.02.